The molecule has 124 valence electrons. The summed E-state index contributed by atoms with van der Waals surface area (Å²) in [5, 5.41) is 4.14. The number of carbonyl (C=O) groups excluding carboxylic acids is 1. The number of H-pyrrole nitrogens is 1. The van der Waals surface area contributed by atoms with Crippen LogP contribution in [0.2, 0.25) is 0 Å². The number of nitrogens with one attached hydrogen (secondary N) is 2. The summed E-state index contributed by atoms with van der Waals surface area (Å²) in [6.45, 7) is 4.66. The smallest absolute Gasteiger partial charge is 0.237 e. The number of aromatic nitrogens is 1. The van der Waals surface area contributed by atoms with E-state index in [2.05, 4.69) is 36.3 Å². The molecule has 0 aliphatic rings. The zero-order valence-electron chi connectivity index (χ0n) is 14.1. The maximum Gasteiger partial charge on any atom is 0.237 e. The van der Waals surface area contributed by atoms with Gasteiger partial charge in [-0.25, -0.2) is 0 Å². The Bertz CT molecular complexity index is 852. The van der Waals surface area contributed by atoms with Gasteiger partial charge in [0.1, 0.15) is 0 Å². The van der Waals surface area contributed by atoms with Gasteiger partial charge in [0.05, 0.1) is 6.04 Å². The first kappa shape index (κ1) is 16.3. The van der Waals surface area contributed by atoms with Gasteiger partial charge in [-0.05, 0) is 49.1 Å². The molecular formula is C20H23N3O. The Balaban J connectivity index is 1.62. The van der Waals surface area contributed by atoms with Gasteiger partial charge in [0.25, 0.3) is 0 Å². The topological polar surface area (TPSA) is 70.9 Å². The van der Waals surface area contributed by atoms with Gasteiger partial charge < -0.3 is 16.0 Å². The van der Waals surface area contributed by atoms with Crippen LogP contribution in [0.4, 0.5) is 0 Å². The van der Waals surface area contributed by atoms with E-state index in [1.54, 1.807) is 0 Å². The van der Waals surface area contributed by atoms with Gasteiger partial charge in [-0.3, -0.25) is 4.79 Å². The Morgan fingerprint density at radius 3 is 2.62 bits per heavy atom. The maximum atomic E-state index is 12.2. The second kappa shape index (κ2) is 6.89. The van der Waals surface area contributed by atoms with Gasteiger partial charge in [0.15, 0.2) is 0 Å². The average molecular weight is 321 g/mol. The van der Waals surface area contributed by atoms with Gasteiger partial charge in [-0.1, -0.05) is 36.4 Å². The summed E-state index contributed by atoms with van der Waals surface area (Å²) in [4.78, 5) is 15.6. The molecule has 4 heteroatoms. The van der Waals surface area contributed by atoms with Crippen molar-refractivity contribution in [1.82, 2.24) is 10.3 Å². The van der Waals surface area contributed by atoms with Crippen LogP contribution in [-0.4, -0.2) is 16.9 Å². The molecule has 0 bridgehead atoms. The molecule has 3 rings (SSSR count). The Morgan fingerprint density at radius 1 is 1.12 bits per heavy atom. The standard InChI is InChI=1S/C20H23N3O/c1-13-14(2)23-19-9-8-16(10-17(13)19)12-22-20(24)18(21)11-15-6-4-3-5-7-15/h3-10,18,23H,11-12,21H2,1-2H3,(H,22,24)/t18-/m0/s1. The number of amides is 1. The van der Waals surface area contributed by atoms with Crippen LogP contribution in [0.1, 0.15) is 22.4 Å². The third kappa shape index (κ3) is 3.49. The first-order valence-electron chi connectivity index (χ1n) is 8.19. The zero-order valence-corrected chi connectivity index (χ0v) is 14.1. The fourth-order valence-corrected chi connectivity index (χ4v) is 2.90. The summed E-state index contributed by atoms with van der Waals surface area (Å²) < 4.78 is 0. The lowest BCUT2D eigenvalue weighted by Crippen LogP contribution is -2.41. The second-order valence-electron chi connectivity index (χ2n) is 6.27. The van der Waals surface area contributed by atoms with Crippen molar-refractivity contribution in [1.29, 1.82) is 0 Å². The summed E-state index contributed by atoms with van der Waals surface area (Å²) in [5.74, 6) is -0.124. The quantitative estimate of drug-likeness (QED) is 0.676. The van der Waals surface area contributed by atoms with Crippen molar-refractivity contribution in [2.24, 2.45) is 5.73 Å². The minimum atomic E-state index is -0.535. The number of carbonyl (C=O) groups is 1. The molecule has 2 aromatic carbocycles. The largest absolute Gasteiger partial charge is 0.358 e. The van der Waals surface area contributed by atoms with E-state index in [1.807, 2.05) is 36.4 Å². The molecule has 0 saturated heterocycles. The third-order valence-electron chi connectivity index (χ3n) is 4.47. The molecule has 4 N–H and O–H groups in total. The van der Waals surface area contributed by atoms with Gasteiger partial charge >= 0.3 is 0 Å². The normalized spacial score (nSPS) is 12.3. The SMILES string of the molecule is Cc1[nH]c2ccc(CNC(=O)[C@@H](N)Cc3ccccc3)cc2c1C. The molecule has 1 atom stereocenters. The molecule has 24 heavy (non-hydrogen) atoms. The van der Waals surface area contributed by atoms with E-state index >= 15 is 0 Å². The van der Waals surface area contributed by atoms with Gasteiger partial charge in [-0.2, -0.15) is 0 Å². The number of aromatic amines is 1. The number of aryl methyl sites for hydroxylation is 2. The Hall–Kier alpha value is -2.59. The number of hydrogen-bond acceptors (Lipinski definition) is 2. The molecule has 1 aromatic heterocycles. The molecule has 0 unspecified atom stereocenters. The lowest BCUT2D eigenvalue weighted by molar-refractivity contribution is -0.122. The number of benzene rings is 2. The lowest BCUT2D eigenvalue weighted by Gasteiger charge is -2.12. The number of nitrogens with two attached hydrogens (primary N) is 1. The van der Waals surface area contributed by atoms with Gasteiger partial charge in [0, 0.05) is 23.1 Å². The van der Waals surface area contributed by atoms with Crippen LogP contribution in [0, 0.1) is 13.8 Å². The highest BCUT2D eigenvalue weighted by atomic mass is 16.2. The first-order valence-corrected chi connectivity index (χ1v) is 8.19. The van der Waals surface area contributed by atoms with Crippen LogP contribution in [0.25, 0.3) is 10.9 Å². The molecule has 0 aliphatic heterocycles. The molecule has 0 radical (unpaired) electrons. The van der Waals surface area contributed by atoms with Crippen molar-refractivity contribution in [2.45, 2.75) is 32.9 Å². The molecule has 1 amide bonds. The molecule has 4 nitrogen and oxygen atoms in total. The molecule has 3 aromatic rings. The average Bonchev–Trinajstić information content (AvgIpc) is 2.88. The lowest BCUT2D eigenvalue weighted by atomic mass is 10.1. The maximum absolute atomic E-state index is 12.2. The van der Waals surface area contributed by atoms with Gasteiger partial charge in [-0.15, -0.1) is 0 Å². The summed E-state index contributed by atoms with van der Waals surface area (Å²) in [5.41, 5.74) is 11.7. The highest BCUT2D eigenvalue weighted by Gasteiger charge is 2.14. The number of hydrogen-bond donors (Lipinski definition) is 3. The molecular weight excluding hydrogens is 298 g/mol. The van der Waals surface area contributed by atoms with E-state index in [1.165, 1.54) is 16.6 Å². The fourth-order valence-electron chi connectivity index (χ4n) is 2.90. The van der Waals surface area contributed by atoms with Crippen LogP contribution in [0.3, 0.4) is 0 Å². The molecule has 1 heterocycles. The summed E-state index contributed by atoms with van der Waals surface area (Å²) in [7, 11) is 0. The molecule has 0 spiro atoms. The Labute approximate surface area is 142 Å². The van der Waals surface area contributed by atoms with Crippen LogP contribution >= 0.6 is 0 Å². The fraction of sp³-hybridized carbons (Fsp3) is 0.250. The van der Waals surface area contributed by atoms with Crippen LogP contribution < -0.4 is 11.1 Å². The summed E-state index contributed by atoms with van der Waals surface area (Å²) in [6, 6.07) is 15.5. The van der Waals surface area contributed by atoms with Crippen molar-refractivity contribution in [3.05, 3.63) is 70.9 Å². The second-order valence-corrected chi connectivity index (χ2v) is 6.27. The summed E-state index contributed by atoms with van der Waals surface area (Å²) >= 11 is 0. The number of rotatable bonds is 5. The minimum Gasteiger partial charge on any atom is -0.358 e. The van der Waals surface area contributed by atoms with E-state index in [4.69, 9.17) is 5.73 Å². The van der Waals surface area contributed by atoms with Crippen LogP contribution in [-0.2, 0) is 17.8 Å². The number of fused-ring (bicyclic) bond motifs is 1. The highest BCUT2D eigenvalue weighted by Crippen LogP contribution is 2.22. The highest BCUT2D eigenvalue weighted by molar-refractivity contribution is 5.85. The van der Waals surface area contributed by atoms with E-state index in [-0.39, 0.29) is 5.91 Å². The van der Waals surface area contributed by atoms with E-state index < -0.39 is 6.04 Å². The van der Waals surface area contributed by atoms with Crippen LogP contribution in [0.5, 0.6) is 0 Å². The third-order valence-corrected chi connectivity index (χ3v) is 4.47. The van der Waals surface area contributed by atoms with Crippen molar-refractivity contribution < 1.29 is 4.79 Å². The minimum absolute atomic E-state index is 0.124. The van der Waals surface area contributed by atoms with Gasteiger partial charge in [0.2, 0.25) is 5.91 Å². The summed E-state index contributed by atoms with van der Waals surface area (Å²) in [6.07, 6.45) is 0.543. The molecule has 0 aliphatic carbocycles. The zero-order chi connectivity index (χ0) is 17.1. The predicted octanol–water partition coefficient (Wildman–Crippen LogP) is 2.97. The Kier molecular flexibility index (Phi) is 4.67. The monoisotopic (exact) mass is 321 g/mol. The first-order chi connectivity index (χ1) is 11.5. The van der Waals surface area contributed by atoms with E-state index in [0.29, 0.717) is 13.0 Å². The van der Waals surface area contributed by atoms with Crippen molar-refractivity contribution >= 4 is 16.8 Å². The molecule has 0 saturated carbocycles. The Morgan fingerprint density at radius 2 is 1.88 bits per heavy atom. The molecule has 0 fully saturated rings. The predicted molar refractivity (Wildman–Crippen MR) is 97.7 cm³/mol. The van der Waals surface area contributed by atoms with Crippen molar-refractivity contribution in [3.8, 4) is 0 Å². The van der Waals surface area contributed by atoms with E-state index in [0.717, 1.165) is 16.6 Å². The van der Waals surface area contributed by atoms with Crippen molar-refractivity contribution in [2.75, 3.05) is 0 Å². The van der Waals surface area contributed by atoms with Crippen LogP contribution in [0.15, 0.2) is 48.5 Å². The van der Waals surface area contributed by atoms with Crippen molar-refractivity contribution in [3.63, 3.8) is 0 Å². The van der Waals surface area contributed by atoms with E-state index in [9.17, 15) is 4.79 Å².